The van der Waals surface area contributed by atoms with E-state index in [1.807, 2.05) is 35.2 Å². The maximum absolute atomic E-state index is 13.0. The van der Waals surface area contributed by atoms with Crippen molar-refractivity contribution in [1.82, 2.24) is 14.8 Å². The quantitative estimate of drug-likeness (QED) is 0.793. The number of carbonyl (C=O) groups excluding carboxylic acids is 1. The lowest BCUT2D eigenvalue weighted by Crippen LogP contribution is -2.36. The highest BCUT2D eigenvalue weighted by atomic mass is 35.5. The molecule has 0 radical (unpaired) electrons. The first-order chi connectivity index (χ1) is 11.9. The highest BCUT2D eigenvalue weighted by Gasteiger charge is 2.41. The molecule has 5 nitrogen and oxygen atoms in total. The summed E-state index contributed by atoms with van der Waals surface area (Å²) in [6, 6.07) is 7.34. The number of aromatic nitrogens is 3. The molecule has 2 aromatic rings. The van der Waals surface area contributed by atoms with Gasteiger partial charge in [-0.3, -0.25) is 4.79 Å². The van der Waals surface area contributed by atoms with E-state index in [2.05, 4.69) is 29.2 Å². The van der Waals surface area contributed by atoms with E-state index in [-0.39, 0.29) is 17.2 Å². The van der Waals surface area contributed by atoms with E-state index >= 15 is 0 Å². The summed E-state index contributed by atoms with van der Waals surface area (Å²) in [6.07, 6.45) is 3.29. The molecule has 1 aromatic carbocycles. The molecule has 0 unspecified atom stereocenters. The Morgan fingerprint density at radius 2 is 2.16 bits per heavy atom. The third kappa shape index (κ3) is 2.87. The monoisotopic (exact) mass is 374 g/mol. The average Bonchev–Trinajstić information content (AvgIpc) is 2.94. The number of ketones is 1. The molecule has 1 aliphatic carbocycles. The van der Waals surface area contributed by atoms with Gasteiger partial charge in [0.1, 0.15) is 6.04 Å². The SMILES string of the molecule is CSc1nc2n(n1)[C@@H](c1cccc(Cl)c1)C1=C(CC(C)(C)CC1=O)N2. The Kier molecular flexibility index (Phi) is 3.92. The lowest BCUT2D eigenvalue weighted by atomic mass is 9.73. The largest absolute Gasteiger partial charge is 0.328 e. The van der Waals surface area contributed by atoms with E-state index in [0.29, 0.717) is 22.5 Å². The molecule has 7 heteroatoms. The molecule has 25 heavy (non-hydrogen) atoms. The van der Waals surface area contributed by atoms with Crippen LogP contribution in [-0.2, 0) is 4.79 Å². The molecule has 0 fully saturated rings. The van der Waals surface area contributed by atoms with Gasteiger partial charge < -0.3 is 5.32 Å². The fraction of sp³-hybridized carbons (Fsp3) is 0.389. The van der Waals surface area contributed by atoms with Crippen LogP contribution in [0.1, 0.15) is 38.3 Å². The van der Waals surface area contributed by atoms with Gasteiger partial charge in [0, 0.05) is 22.7 Å². The molecule has 130 valence electrons. The van der Waals surface area contributed by atoms with Crippen LogP contribution < -0.4 is 5.32 Å². The summed E-state index contributed by atoms with van der Waals surface area (Å²) in [7, 11) is 0. The Bertz CT molecular complexity index is 902. The van der Waals surface area contributed by atoms with Crippen molar-refractivity contribution in [2.45, 2.75) is 37.9 Å². The molecule has 1 aliphatic heterocycles. The van der Waals surface area contributed by atoms with Gasteiger partial charge in [0.15, 0.2) is 5.78 Å². The summed E-state index contributed by atoms with van der Waals surface area (Å²) in [4.78, 5) is 17.6. The van der Waals surface area contributed by atoms with Crippen molar-refractivity contribution in [2.24, 2.45) is 5.41 Å². The normalized spacial score (nSPS) is 21.6. The van der Waals surface area contributed by atoms with Crippen LogP contribution in [0.3, 0.4) is 0 Å². The summed E-state index contributed by atoms with van der Waals surface area (Å²) in [5.41, 5.74) is 2.63. The summed E-state index contributed by atoms with van der Waals surface area (Å²) >= 11 is 7.70. The van der Waals surface area contributed by atoms with E-state index in [9.17, 15) is 4.79 Å². The first kappa shape index (κ1) is 16.7. The van der Waals surface area contributed by atoms with Crippen molar-refractivity contribution in [2.75, 3.05) is 11.6 Å². The van der Waals surface area contributed by atoms with Crippen molar-refractivity contribution in [1.29, 1.82) is 0 Å². The number of carbonyl (C=O) groups is 1. The Morgan fingerprint density at radius 3 is 2.88 bits per heavy atom. The summed E-state index contributed by atoms with van der Waals surface area (Å²) in [6.45, 7) is 4.24. The molecule has 2 aliphatic rings. The fourth-order valence-corrected chi connectivity index (χ4v) is 4.21. The van der Waals surface area contributed by atoms with Gasteiger partial charge >= 0.3 is 0 Å². The first-order valence-electron chi connectivity index (χ1n) is 8.17. The first-order valence-corrected chi connectivity index (χ1v) is 9.77. The third-order valence-electron chi connectivity index (χ3n) is 4.66. The second-order valence-electron chi connectivity index (χ2n) is 7.28. The third-order valence-corrected chi connectivity index (χ3v) is 5.43. The van der Waals surface area contributed by atoms with Gasteiger partial charge in [-0.15, -0.1) is 5.10 Å². The number of hydrogen-bond acceptors (Lipinski definition) is 5. The number of Topliss-reactive ketones (excluding diaryl/α,β-unsaturated/α-hetero) is 1. The molecule has 1 N–H and O–H groups in total. The van der Waals surface area contributed by atoms with Crippen LogP contribution >= 0.6 is 23.4 Å². The topological polar surface area (TPSA) is 59.8 Å². The molecule has 4 rings (SSSR count). The van der Waals surface area contributed by atoms with Gasteiger partial charge in [0.05, 0.1) is 0 Å². The number of rotatable bonds is 2. The van der Waals surface area contributed by atoms with Crippen LogP contribution in [0.5, 0.6) is 0 Å². The molecular formula is C18H19ClN4OS. The van der Waals surface area contributed by atoms with E-state index in [4.69, 9.17) is 11.6 Å². The van der Waals surface area contributed by atoms with Gasteiger partial charge in [-0.2, -0.15) is 4.98 Å². The number of benzene rings is 1. The minimum Gasteiger partial charge on any atom is -0.328 e. The van der Waals surface area contributed by atoms with E-state index in [0.717, 1.165) is 23.3 Å². The number of fused-ring (bicyclic) bond motifs is 1. The van der Waals surface area contributed by atoms with Gasteiger partial charge in [0.25, 0.3) is 0 Å². The molecule has 0 spiro atoms. The number of halogens is 1. The Hall–Kier alpha value is -1.79. The van der Waals surface area contributed by atoms with Gasteiger partial charge in [-0.05, 0) is 35.8 Å². The molecule has 0 amide bonds. The number of allylic oxidation sites excluding steroid dienone is 2. The van der Waals surface area contributed by atoms with Crippen LogP contribution in [0.2, 0.25) is 5.02 Å². The van der Waals surface area contributed by atoms with E-state index in [1.54, 1.807) is 0 Å². The fourth-order valence-electron chi connectivity index (χ4n) is 3.66. The zero-order valence-electron chi connectivity index (χ0n) is 14.3. The van der Waals surface area contributed by atoms with Gasteiger partial charge in [-0.25, -0.2) is 4.68 Å². The summed E-state index contributed by atoms with van der Waals surface area (Å²) in [5.74, 6) is 0.842. The Balaban J connectivity index is 1.92. The standard InChI is InChI=1S/C18H19ClN4OS/c1-18(2)8-12-14(13(24)9-18)15(10-5-4-6-11(19)7-10)23-16(20-12)21-17(22-23)25-3/h4-7,15H,8-9H2,1-3H3,(H,20,21,22)/t15-/m0/s1. The Morgan fingerprint density at radius 1 is 1.36 bits per heavy atom. The number of nitrogens with zero attached hydrogens (tertiary/aromatic N) is 3. The molecule has 0 saturated heterocycles. The minimum atomic E-state index is -0.290. The van der Waals surface area contributed by atoms with Crippen LogP contribution in [0.25, 0.3) is 0 Å². The van der Waals surface area contributed by atoms with E-state index in [1.165, 1.54) is 11.8 Å². The van der Waals surface area contributed by atoms with Crippen LogP contribution in [-0.4, -0.2) is 26.8 Å². The average molecular weight is 375 g/mol. The van der Waals surface area contributed by atoms with Crippen molar-refractivity contribution in [3.8, 4) is 0 Å². The van der Waals surface area contributed by atoms with Crippen molar-refractivity contribution in [3.05, 3.63) is 46.1 Å². The lowest BCUT2D eigenvalue weighted by Gasteiger charge is -2.38. The molecule has 0 saturated carbocycles. The second-order valence-corrected chi connectivity index (χ2v) is 8.49. The molecule has 1 atom stereocenters. The Labute approximate surface area is 155 Å². The van der Waals surface area contributed by atoms with Crippen LogP contribution in [0.4, 0.5) is 5.95 Å². The summed E-state index contributed by atoms with van der Waals surface area (Å²) < 4.78 is 1.81. The maximum atomic E-state index is 13.0. The van der Waals surface area contributed by atoms with Crippen molar-refractivity contribution >= 4 is 35.1 Å². The molecule has 1 aromatic heterocycles. The van der Waals surface area contributed by atoms with Gasteiger partial charge in [0.2, 0.25) is 11.1 Å². The highest BCUT2D eigenvalue weighted by molar-refractivity contribution is 7.98. The predicted molar refractivity (Wildman–Crippen MR) is 100 cm³/mol. The number of anilines is 1. The minimum absolute atomic E-state index is 0.0632. The zero-order chi connectivity index (χ0) is 17.8. The highest BCUT2D eigenvalue weighted by Crippen LogP contribution is 2.45. The maximum Gasteiger partial charge on any atom is 0.227 e. The second kappa shape index (κ2) is 5.88. The zero-order valence-corrected chi connectivity index (χ0v) is 15.9. The molecule has 2 heterocycles. The smallest absolute Gasteiger partial charge is 0.227 e. The predicted octanol–water partition coefficient (Wildman–Crippen LogP) is 4.31. The molecule has 0 bridgehead atoms. The van der Waals surface area contributed by atoms with Crippen molar-refractivity contribution < 1.29 is 4.79 Å². The van der Waals surface area contributed by atoms with Gasteiger partial charge in [-0.1, -0.05) is 49.3 Å². The number of nitrogens with one attached hydrogen (secondary N) is 1. The van der Waals surface area contributed by atoms with Crippen LogP contribution in [0.15, 0.2) is 40.7 Å². The van der Waals surface area contributed by atoms with Crippen molar-refractivity contribution in [3.63, 3.8) is 0 Å². The number of thioether (sulfide) groups is 1. The molecular weight excluding hydrogens is 356 g/mol. The van der Waals surface area contributed by atoms with E-state index < -0.39 is 0 Å². The van der Waals surface area contributed by atoms with Crippen LogP contribution in [0, 0.1) is 5.41 Å². The lowest BCUT2D eigenvalue weighted by molar-refractivity contribution is -0.118. The number of hydrogen-bond donors (Lipinski definition) is 1. The summed E-state index contributed by atoms with van der Waals surface area (Å²) in [5, 5.41) is 9.28.